The van der Waals surface area contributed by atoms with Crippen molar-refractivity contribution in [3.05, 3.63) is 24.3 Å². The first-order valence-corrected chi connectivity index (χ1v) is 7.66. The van der Waals surface area contributed by atoms with E-state index in [9.17, 15) is 4.79 Å². The molecule has 0 aromatic heterocycles. The van der Waals surface area contributed by atoms with Crippen LogP contribution in [0.3, 0.4) is 0 Å². The summed E-state index contributed by atoms with van der Waals surface area (Å²) in [6.07, 6.45) is 2.17. The third-order valence-corrected chi connectivity index (χ3v) is 3.14. The zero-order valence-electron chi connectivity index (χ0n) is 13.1. The summed E-state index contributed by atoms with van der Waals surface area (Å²) in [5.74, 6) is 1.51. The molecule has 1 aromatic carbocycles. The number of hydrogen-bond donors (Lipinski definition) is 3. The van der Waals surface area contributed by atoms with Crippen LogP contribution in [0.5, 0.6) is 5.75 Å². The summed E-state index contributed by atoms with van der Waals surface area (Å²) in [5, 5.41) is 5.85. The molecule has 0 aliphatic heterocycles. The molecular weight excluding hydrogens is 280 g/mol. The minimum atomic E-state index is 0.127. The van der Waals surface area contributed by atoms with Gasteiger partial charge >= 0.3 is 0 Å². The van der Waals surface area contributed by atoms with Gasteiger partial charge in [-0.25, -0.2) is 0 Å². The van der Waals surface area contributed by atoms with E-state index < -0.39 is 0 Å². The molecule has 4 N–H and O–H groups in total. The lowest BCUT2D eigenvalue weighted by Crippen LogP contribution is -2.29. The van der Waals surface area contributed by atoms with Gasteiger partial charge in [-0.15, -0.1) is 0 Å². The van der Waals surface area contributed by atoms with Gasteiger partial charge in [-0.1, -0.05) is 0 Å². The lowest BCUT2D eigenvalue weighted by Gasteiger charge is -2.11. The topological polar surface area (TPSA) is 88.7 Å². The maximum absolute atomic E-state index is 11.4. The summed E-state index contributed by atoms with van der Waals surface area (Å²) in [4.78, 5) is 15.6. The van der Waals surface area contributed by atoms with Crippen molar-refractivity contribution in [2.24, 2.45) is 16.6 Å². The number of hydrogen-bond acceptors (Lipinski definition) is 3. The molecule has 0 bridgehead atoms. The van der Waals surface area contributed by atoms with Crippen molar-refractivity contribution in [3.8, 4) is 5.75 Å². The summed E-state index contributed by atoms with van der Waals surface area (Å²) in [6, 6.07) is 7.53. The molecule has 0 atom stereocenters. The Morgan fingerprint density at radius 1 is 1.36 bits per heavy atom. The minimum absolute atomic E-state index is 0.127. The monoisotopic (exact) mass is 304 g/mol. The number of carbonyl (C=O) groups is 1. The van der Waals surface area contributed by atoms with Crippen molar-refractivity contribution in [1.82, 2.24) is 5.32 Å². The zero-order valence-corrected chi connectivity index (χ0v) is 13.1. The van der Waals surface area contributed by atoms with Gasteiger partial charge in [0.05, 0.1) is 12.6 Å². The Morgan fingerprint density at radius 3 is 2.64 bits per heavy atom. The summed E-state index contributed by atoms with van der Waals surface area (Å²) in [5.41, 5.74) is 6.66. The van der Waals surface area contributed by atoms with Crippen molar-refractivity contribution < 1.29 is 9.53 Å². The fourth-order valence-electron chi connectivity index (χ4n) is 1.92. The molecule has 1 aromatic rings. The fourth-order valence-corrected chi connectivity index (χ4v) is 1.92. The molecule has 1 amide bonds. The lowest BCUT2D eigenvalue weighted by atomic mass is 10.3. The lowest BCUT2D eigenvalue weighted by molar-refractivity contribution is -0.122. The van der Waals surface area contributed by atoms with Crippen LogP contribution < -0.4 is 21.1 Å². The number of amides is 1. The smallest absolute Gasteiger partial charge is 0.223 e. The van der Waals surface area contributed by atoms with Gasteiger partial charge in [0.2, 0.25) is 5.91 Å². The van der Waals surface area contributed by atoms with Crippen molar-refractivity contribution in [3.63, 3.8) is 0 Å². The Kier molecular flexibility index (Phi) is 5.63. The molecule has 1 aliphatic rings. The van der Waals surface area contributed by atoms with Crippen LogP contribution in [-0.4, -0.2) is 31.1 Å². The molecule has 0 spiro atoms. The minimum Gasteiger partial charge on any atom is -0.491 e. The molecule has 2 rings (SSSR count). The molecule has 1 aliphatic carbocycles. The molecule has 6 nitrogen and oxygen atoms in total. The Bertz CT molecular complexity index is 521. The van der Waals surface area contributed by atoms with Crippen LogP contribution in [-0.2, 0) is 4.79 Å². The summed E-state index contributed by atoms with van der Waals surface area (Å²) < 4.78 is 5.57. The van der Waals surface area contributed by atoms with Gasteiger partial charge in [0.1, 0.15) is 5.75 Å². The number of carbonyl (C=O) groups excluding carboxylic acids is 1. The van der Waals surface area contributed by atoms with E-state index in [-0.39, 0.29) is 17.9 Å². The van der Waals surface area contributed by atoms with Crippen LogP contribution in [0.25, 0.3) is 0 Å². The Morgan fingerprint density at radius 2 is 2.05 bits per heavy atom. The zero-order chi connectivity index (χ0) is 15.9. The second-order valence-electron chi connectivity index (χ2n) is 5.65. The number of guanidine groups is 1. The van der Waals surface area contributed by atoms with Crippen LogP contribution in [0.4, 0.5) is 5.69 Å². The number of nitrogens with zero attached hydrogens (tertiary/aromatic N) is 1. The van der Waals surface area contributed by atoms with Gasteiger partial charge in [0.25, 0.3) is 0 Å². The molecular formula is C16H24N4O2. The second kappa shape index (κ2) is 7.68. The SMILES string of the molecule is CC(C)Oc1ccc(NC(N)=NCCNC(=O)C2CC2)cc1. The molecule has 0 saturated heterocycles. The maximum atomic E-state index is 11.4. The third kappa shape index (κ3) is 5.63. The highest BCUT2D eigenvalue weighted by molar-refractivity contribution is 5.92. The van der Waals surface area contributed by atoms with Gasteiger partial charge in [-0.3, -0.25) is 9.79 Å². The average Bonchev–Trinajstić information content (AvgIpc) is 3.29. The van der Waals surface area contributed by atoms with E-state index in [2.05, 4.69) is 15.6 Å². The Balaban J connectivity index is 1.71. The Labute approximate surface area is 131 Å². The highest BCUT2D eigenvalue weighted by Crippen LogP contribution is 2.28. The number of nitrogens with two attached hydrogens (primary N) is 1. The first kappa shape index (κ1) is 16.1. The Hall–Kier alpha value is -2.24. The average molecular weight is 304 g/mol. The first-order chi connectivity index (χ1) is 10.5. The van der Waals surface area contributed by atoms with E-state index in [1.807, 2.05) is 38.1 Å². The molecule has 120 valence electrons. The van der Waals surface area contributed by atoms with E-state index in [1.54, 1.807) is 0 Å². The van der Waals surface area contributed by atoms with Crippen molar-refractivity contribution in [1.29, 1.82) is 0 Å². The highest BCUT2D eigenvalue weighted by Gasteiger charge is 2.28. The summed E-state index contributed by atoms with van der Waals surface area (Å²) >= 11 is 0. The van der Waals surface area contributed by atoms with Crippen LogP contribution in [0, 0.1) is 5.92 Å². The van der Waals surface area contributed by atoms with Gasteiger partial charge in [-0.2, -0.15) is 0 Å². The van der Waals surface area contributed by atoms with E-state index >= 15 is 0 Å². The molecule has 0 heterocycles. The summed E-state index contributed by atoms with van der Waals surface area (Å²) in [6.45, 7) is 4.95. The predicted octanol–water partition coefficient (Wildman–Crippen LogP) is 1.73. The molecule has 1 saturated carbocycles. The quantitative estimate of drug-likeness (QED) is 0.406. The van der Waals surface area contributed by atoms with E-state index in [0.29, 0.717) is 19.0 Å². The standard InChI is InChI=1S/C16H24N4O2/c1-11(2)22-14-7-5-13(6-8-14)20-16(17)19-10-9-18-15(21)12-3-4-12/h5-8,11-12H,3-4,9-10H2,1-2H3,(H,18,21)(H3,17,19,20). The van der Waals surface area contributed by atoms with Gasteiger partial charge in [0, 0.05) is 18.2 Å². The first-order valence-electron chi connectivity index (χ1n) is 7.66. The number of ether oxygens (including phenoxy) is 1. The predicted molar refractivity (Wildman–Crippen MR) is 88.1 cm³/mol. The van der Waals surface area contributed by atoms with Crippen LogP contribution in [0.2, 0.25) is 0 Å². The van der Waals surface area contributed by atoms with Crippen LogP contribution in [0.15, 0.2) is 29.3 Å². The van der Waals surface area contributed by atoms with Crippen LogP contribution in [0.1, 0.15) is 26.7 Å². The molecule has 0 radical (unpaired) electrons. The number of aliphatic imine (C=N–C) groups is 1. The van der Waals surface area contributed by atoms with E-state index in [4.69, 9.17) is 10.5 Å². The second-order valence-corrected chi connectivity index (χ2v) is 5.65. The number of rotatable bonds is 7. The van der Waals surface area contributed by atoms with Gasteiger partial charge in [-0.05, 0) is 51.0 Å². The van der Waals surface area contributed by atoms with Gasteiger partial charge < -0.3 is 21.1 Å². The molecule has 6 heteroatoms. The normalized spacial score (nSPS) is 14.8. The number of nitrogens with one attached hydrogen (secondary N) is 2. The largest absolute Gasteiger partial charge is 0.491 e. The summed E-state index contributed by atoms with van der Waals surface area (Å²) in [7, 11) is 0. The fraction of sp³-hybridized carbons (Fsp3) is 0.500. The van der Waals surface area contributed by atoms with E-state index in [0.717, 1.165) is 24.3 Å². The molecule has 22 heavy (non-hydrogen) atoms. The van der Waals surface area contributed by atoms with E-state index in [1.165, 1.54) is 0 Å². The maximum Gasteiger partial charge on any atom is 0.223 e. The van der Waals surface area contributed by atoms with Crippen molar-refractivity contribution in [2.45, 2.75) is 32.8 Å². The van der Waals surface area contributed by atoms with Crippen molar-refractivity contribution in [2.75, 3.05) is 18.4 Å². The third-order valence-electron chi connectivity index (χ3n) is 3.14. The molecule has 0 unspecified atom stereocenters. The molecule has 1 fully saturated rings. The number of anilines is 1. The van der Waals surface area contributed by atoms with Crippen molar-refractivity contribution >= 4 is 17.6 Å². The van der Waals surface area contributed by atoms with Crippen LogP contribution >= 0.6 is 0 Å². The highest BCUT2D eigenvalue weighted by atomic mass is 16.5. The van der Waals surface area contributed by atoms with Gasteiger partial charge in [0.15, 0.2) is 5.96 Å². The number of benzene rings is 1.